The first kappa shape index (κ1) is 26.6. The van der Waals surface area contributed by atoms with Crippen molar-refractivity contribution in [1.82, 2.24) is 4.90 Å². The van der Waals surface area contributed by atoms with Gasteiger partial charge in [-0.15, -0.1) is 0 Å². The van der Waals surface area contributed by atoms with E-state index in [0.29, 0.717) is 44.1 Å². The number of furan rings is 1. The molecule has 1 fully saturated rings. The van der Waals surface area contributed by atoms with Crippen molar-refractivity contribution < 1.29 is 36.7 Å². The van der Waals surface area contributed by atoms with E-state index in [2.05, 4.69) is 5.32 Å². The zero-order valence-corrected chi connectivity index (χ0v) is 21.0. The highest BCUT2D eigenvalue weighted by atomic mass is 35.5. The van der Waals surface area contributed by atoms with Crippen molar-refractivity contribution >= 4 is 63.8 Å². The van der Waals surface area contributed by atoms with Crippen LogP contribution in [-0.2, 0) is 15.8 Å². The van der Waals surface area contributed by atoms with Crippen LogP contribution in [0.4, 0.5) is 23.7 Å². The second kappa shape index (κ2) is 10.5. The number of alkyl halides is 3. The van der Waals surface area contributed by atoms with Crippen molar-refractivity contribution in [3.63, 3.8) is 0 Å². The van der Waals surface area contributed by atoms with Crippen molar-refractivity contribution in [2.45, 2.75) is 6.18 Å². The van der Waals surface area contributed by atoms with E-state index in [1.165, 1.54) is 13.2 Å². The van der Waals surface area contributed by atoms with E-state index in [-0.39, 0.29) is 22.1 Å². The summed E-state index contributed by atoms with van der Waals surface area (Å²) in [5, 5.41) is 2.24. The Hall–Kier alpha value is -3.41. The molecule has 13 heteroatoms. The number of anilines is 1. The molecule has 1 aromatic heterocycles. The molecule has 4 rings (SSSR count). The second-order valence-corrected chi connectivity index (χ2v) is 9.37. The van der Waals surface area contributed by atoms with Crippen LogP contribution in [0.5, 0.6) is 5.75 Å². The standard InChI is InChI=1S/C24H15Cl2F3N2O5S/c1-35-19-6-3-13(24(27,28)29)9-17(19)30-21(32)11-31-22(33)20(37-23(31)34)10-14-4-7-18(36-14)12-2-5-15(25)16(26)8-12/h2-10H,11H2,1H3,(H,30,32)/b20-10-. The lowest BCUT2D eigenvalue weighted by molar-refractivity contribution is -0.137. The van der Waals surface area contributed by atoms with Gasteiger partial charge in [0.05, 0.1) is 33.3 Å². The van der Waals surface area contributed by atoms with E-state index in [1.54, 1.807) is 30.3 Å². The third-order valence-electron chi connectivity index (χ3n) is 5.08. The zero-order chi connectivity index (χ0) is 26.9. The van der Waals surface area contributed by atoms with Gasteiger partial charge in [0.1, 0.15) is 23.8 Å². The lowest BCUT2D eigenvalue weighted by Gasteiger charge is -2.16. The molecule has 0 atom stereocenters. The predicted molar refractivity (Wildman–Crippen MR) is 133 cm³/mol. The van der Waals surface area contributed by atoms with Crippen LogP contribution < -0.4 is 10.1 Å². The number of imide groups is 1. The highest BCUT2D eigenvalue weighted by Gasteiger charge is 2.37. The first-order chi connectivity index (χ1) is 17.5. The van der Waals surface area contributed by atoms with Crippen LogP contribution in [0.2, 0.25) is 10.0 Å². The zero-order valence-electron chi connectivity index (χ0n) is 18.7. The minimum Gasteiger partial charge on any atom is -0.495 e. The molecule has 7 nitrogen and oxygen atoms in total. The minimum absolute atomic E-state index is 0.00416. The molecule has 1 aliphatic heterocycles. The minimum atomic E-state index is -4.64. The Morgan fingerprint density at radius 1 is 1.11 bits per heavy atom. The molecule has 1 aliphatic rings. The van der Waals surface area contributed by atoms with Crippen LogP contribution in [-0.4, -0.2) is 35.6 Å². The smallest absolute Gasteiger partial charge is 0.416 e. The summed E-state index contributed by atoms with van der Waals surface area (Å²) in [6.45, 7) is -0.714. The van der Waals surface area contributed by atoms with Gasteiger partial charge in [-0.05, 0) is 60.3 Å². The van der Waals surface area contributed by atoms with E-state index in [1.807, 2.05) is 0 Å². The van der Waals surface area contributed by atoms with Gasteiger partial charge in [0.2, 0.25) is 5.91 Å². The number of hydrogen-bond donors (Lipinski definition) is 1. The molecule has 2 heterocycles. The summed E-state index contributed by atoms with van der Waals surface area (Å²) in [5.74, 6) is -0.955. The number of rotatable bonds is 6. The summed E-state index contributed by atoms with van der Waals surface area (Å²) < 4.78 is 49.8. The van der Waals surface area contributed by atoms with Gasteiger partial charge in [-0.2, -0.15) is 13.2 Å². The van der Waals surface area contributed by atoms with Gasteiger partial charge < -0.3 is 14.5 Å². The van der Waals surface area contributed by atoms with Crippen LogP contribution in [0.25, 0.3) is 17.4 Å². The fourth-order valence-corrected chi connectivity index (χ4v) is 4.43. The molecule has 1 saturated heterocycles. The number of carbonyl (C=O) groups is 3. The molecule has 0 unspecified atom stereocenters. The Bertz CT molecular complexity index is 1440. The molecule has 1 N–H and O–H groups in total. The fraction of sp³-hybridized carbons (Fsp3) is 0.125. The molecule has 37 heavy (non-hydrogen) atoms. The first-order valence-corrected chi connectivity index (χ1v) is 11.9. The Balaban J connectivity index is 1.47. The maximum Gasteiger partial charge on any atom is 0.416 e. The van der Waals surface area contributed by atoms with E-state index in [4.69, 9.17) is 32.4 Å². The average Bonchev–Trinajstić information content (AvgIpc) is 3.40. The number of thioether (sulfide) groups is 1. The molecule has 0 bridgehead atoms. The summed E-state index contributed by atoms with van der Waals surface area (Å²) in [7, 11) is 1.22. The van der Waals surface area contributed by atoms with Crippen molar-refractivity contribution in [3.05, 3.63) is 74.8 Å². The number of ether oxygens (including phenoxy) is 1. The van der Waals surface area contributed by atoms with E-state index >= 15 is 0 Å². The molecule has 0 saturated carbocycles. The number of halogens is 5. The van der Waals surface area contributed by atoms with Crippen LogP contribution in [0.1, 0.15) is 11.3 Å². The maximum absolute atomic E-state index is 13.0. The average molecular weight is 571 g/mol. The van der Waals surface area contributed by atoms with Gasteiger partial charge in [0, 0.05) is 11.6 Å². The van der Waals surface area contributed by atoms with E-state index < -0.39 is 35.3 Å². The van der Waals surface area contributed by atoms with Crippen molar-refractivity contribution in [2.24, 2.45) is 0 Å². The van der Waals surface area contributed by atoms with Gasteiger partial charge in [-0.3, -0.25) is 19.3 Å². The Labute approximate surface area is 222 Å². The van der Waals surface area contributed by atoms with Crippen LogP contribution in [0.15, 0.2) is 57.9 Å². The fourth-order valence-electron chi connectivity index (χ4n) is 3.32. The Morgan fingerprint density at radius 2 is 1.86 bits per heavy atom. The van der Waals surface area contributed by atoms with Gasteiger partial charge in [0.15, 0.2) is 0 Å². The normalized spacial score (nSPS) is 15.0. The number of carbonyl (C=O) groups excluding carboxylic acids is 3. The number of benzene rings is 2. The number of amides is 3. The molecule has 0 radical (unpaired) electrons. The molecular formula is C24H15Cl2F3N2O5S. The Kier molecular flexibility index (Phi) is 7.58. The monoisotopic (exact) mass is 570 g/mol. The lowest BCUT2D eigenvalue weighted by Crippen LogP contribution is -2.36. The topological polar surface area (TPSA) is 88.8 Å². The largest absolute Gasteiger partial charge is 0.495 e. The van der Waals surface area contributed by atoms with Gasteiger partial charge in [-0.1, -0.05) is 23.2 Å². The highest BCUT2D eigenvalue weighted by Crippen LogP contribution is 2.36. The van der Waals surface area contributed by atoms with Crippen LogP contribution in [0.3, 0.4) is 0 Å². The van der Waals surface area contributed by atoms with Crippen molar-refractivity contribution in [3.8, 4) is 17.1 Å². The third-order valence-corrected chi connectivity index (χ3v) is 6.73. The molecule has 3 amide bonds. The summed E-state index contributed by atoms with van der Waals surface area (Å²) >= 11 is 12.5. The summed E-state index contributed by atoms with van der Waals surface area (Å²) in [4.78, 5) is 38.3. The third kappa shape index (κ3) is 5.95. The molecule has 3 aromatic rings. The number of nitrogens with zero attached hydrogens (tertiary/aromatic N) is 1. The molecule has 2 aromatic carbocycles. The van der Waals surface area contributed by atoms with Crippen molar-refractivity contribution in [2.75, 3.05) is 19.0 Å². The summed E-state index contributed by atoms with van der Waals surface area (Å²) in [5.41, 5.74) is -0.615. The van der Waals surface area contributed by atoms with Crippen LogP contribution in [0, 0.1) is 0 Å². The molecular weight excluding hydrogens is 556 g/mol. The quantitative estimate of drug-likeness (QED) is 0.322. The maximum atomic E-state index is 13.0. The number of hydrogen-bond acceptors (Lipinski definition) is 6. The number of methoxy groups -OCH3 is 1. The first-order valence-electron chi connectivity index (χ1n) is 10.3. The van der Waals surface area contributed by atoms with Gasteiger partial charge in [0.25, 0.3) is 11.1 Å². The van der Waals surface area contributed by atoms with Crippen molar-refractivity contribution in [1.29, 1.82) is 0 Å². The highest BCUT2D eigenvalue weighted by molar-refractivity contribution is 8.18. The molecule has 192 valence electrons. The summed E-state index contributed by atoms with van der Waals surface area (Å²) in [6.07, 6.45) is -3.30. The second-order valence-electron chi connectivity index (χ2n) is 7.56. The molecule has 0 spiro atoms. The van der Waals surface area contributed by atoms with Crippen LogP contribution >= 0.6 is 35.0 Å². The lowest BCUT2D eigenvalue weighted by atomic mass is 10.1. The Morgan fingerprint density at radius 3 is 2.54 bits per heavy atom. The van der Waals surface area contributed by atoms with E-state index in [0.717, 1.165) is 12.1 Å². The van der Waals surface area contributed by atoms with Gasteiger partial charge >= 0.3 is 6.18 Å². The SMILES string of the molecule is COc1ccc(C(F)(F)F)cc1NC(=O)CN1C(=O)S/C(=C\c2ccc(-c3ccc(Cl)c(Cl)c3)o2)C1=O. The van der Waals surface area contributed by atoms with Gasteiger partial charge in [-0.25, -0.2) is 0 Å². The predicted octanol–water partition coefficient (Wildman–Crippen LogP) is 6.96. The van der Waals surface area contributed by atoms with E-state index in [9.17, 15) is 27.6 Å². The number of nitrogens with one attached hydrogen (secondary N) is 1. The molecule has 0 aliphatic carbocycles. The summed E-state index contributed by atoms with van der Waals surface area (Å²) in [6, 6.07) is 10.7.